The number of para-hydroxylation sites is 1. The van der Waals surface area contributed by atoms with Crippen molar-refractivity contribution < 1.29 is 22.7 Å². The SMILES string of the molecule is COc1ccc(OC)c(S(=O)(=O)Nc2ccccc2C(=O)N2CCCCCC2)c1. The largest absolute Gasteiger partial charge is 0.497 e. The van der Waals surface area contributed by atoms with Crippen molar-refractivity contribution in [2.45, 2.75) is 30.6 Å². The second-order valence-corrected chi connectivity index (χ2v) is 8.53. The molecule has 0 aliphatic carbocycles. The Kier molecular flexibility index (Phi) is 6.64. The van der Waals surface area contributed by atoms with Crippen LogP contribution < -0.4 is 14.2 Å². The highest BCUT2D eigenvalue weighted by atomic mass is 32.2. The molecular weight excluding hydrogens is 392 g/mol. The van der Waals surface area contributed by atoms with Gasteiger partial charge in [0.05, 0.1) is 25.5 Å². The summed E-state index contributed by atoms with van der Waals surface area (Å²) in [7, 11) is -1.15. The van der Waals surface area contributed by atoms with Crippen LogP contribution in [0.1, 0.15) is 36.0 Å². The predicted molar refractivity (Wildman–Crippen MR) is 111 cm³/mol. The maximum atomic E-state index is 13.1. The smallest absolute Gasteiger partial charge is 0.265 e. The molecule has 29 heavy (non-hydrogen) atoms. The molecule has 0 saturated carbocycles. The topological polar surface area (TPSA) is 84.9 Å². The summed E-state index contributed by atoms with van der Waals surface area (Å²) in [5.41, 5.74) is 0.575. The van der Waals surface area contributed by atoms with Gasteiger partial charge in [-0.25, -0.2) is 8.42 Å². The molecule has 0 aromatic heterocycles. The molecule has 1 fully saturated rings. The zero-order chi connectivity index (χ0) is 20.9. The highest BCUT2D eigenvalue weighted by Gasteiger charge is 2.25. The molecule has 1 saturated heterocycles. The minimum atomic E-state index is -4.01. The van der Waals surface area contributed by atoms with Crippen molar-refractivity contribution in [3.8, 4) is 11.5 Å². The van der Waals surface area contributed by atoms with Crippen LogP contribution in [0.4, 0.5) is 5.69 Å². The number of sulfonamides is 1. The first-order valence-electron chi connectivity index (χ1n) is 9.59. The van der Waals surface area contributed by atoms with E-state index in [1.807, 2.05) is 0 Å². The van der Waals surface area contributed by atoms with E-state index in [1.54, 1.807) is 35.2 Å². The van der Waals surface area contributed by atoms with Crippen LogP contribution in [-0.4, -0.2) is 46.5 Å². The fourth-order valence-corrected chi connectivity index (χ4v) is 4.66. The summed E-state index contributed by atoms with van der Waals surface area (Å²) in [6.45, 7) is 1.37. The Morgan fingerprint density at radius 2 is 1.66 bits per heavy atom. The van der Waals surface area contributed by atoms with Crippen LogP contribution in [-0.2, 0) is 10.0 Å². The number of nitrogens with one attached hydrogen (secondary N) is 1. The van der Waals surface area contributed by atoms with E-state index >= 15 is 0 Å². The molecule has 2 aromatic carbocycles. The van der Waals surface area contributed by atoms with Crippen LogP contribution in [0.3, 0.4) is 0 Å². The molecule has 1 aliphatic rings. The number of carbonyl (C=O) groups excluding carboxylic acids is 1. The van der Waals surface area contributed by atoms with E-state index in [0.717, 1.165) is 25.7 Å². The van der Waals surface area contributed by atoms with Gasteiger partial charge in [0.1, 0.15) is 16.4 Å². The molecular formula is C21H26N2O5S. The number of hydrogen-bond acceptors (Lipinski definition) is 5. The zero-order valence-electron chi connectivity index (χ0n) is 16.7. The Morgan fingerprint density at radius 1 is 0.966 bits per heavy atom. The first kappa shape index (κ1) is 21.0. The average Bonchev–Trinajstić information content (AvgIpc) is 3.02. The van der Waals surface area contributed by atoms with Crippen molar-refractivity contribution in [2.75, 3.05) is 32.0 Å². The Balaban J connectivity index is 1.93. The molecule has 2 aromatic rings. The van der Waals surface area contributed by atoms with Crippen LogP contribution >= 0.6 is 0 Å². The molecule has 1 aliphatic heterocycles. The van der Waals surface area contributed by atoms with Crippen molar-refractivity contribution in [1.82, 2.24) is 4.90 Å². The normalized spacial score (nSPS) is 14.8. The third-order valence-electron chi connectivity index (χ3n) is 4.96. The van der Waals surface area contributed by atoms with E-state index in [9.17, 15) is 13.2 Å². The third kappa shape index (κ3) is 4.82. The minimum absolute atomic E-state index is 0.0589. The second-order valence-electron chi connectivity index (χ2n) is 6.87. The van der Waals surface area contributed by atoms with Crippen LogP contribution in [0.25, 0.3) is 0 Å². The van der Waals surface area contributed by atoms with Crippen LogP contribution in [0, 0.1) is 0 Å². The molecule has 1 N–H and O–H groups in total. The lowest BCUT2D eigenvalue weighted by Crippen LogP contribution is -2.32. The Labute approximate surface area is 171 Å². The minimum Gasteiger partial charge on any atom is -0.497 e. The molecule has 0 spiro atoms. The predicted octanol–water partition coefficient (Wildman–Crippen LogP) is 3.52. The summed E-state index contributed by atoms with van der Waals surface area (Å²) < 4.78 is 39.1. The molecule has 0 atom stereocenters. The molecule has 8 heteroatoms. The van der Waals surface area contributed by atoms with E-state index in [1.165, 1.54) is 26.4 Å². The maximum absolute atomic E-state index is 13.1. The fraction of sp³-hybridized carbons (Fsp3) is 0.381. The van der Waals surface area contributed by atoms with E-state index < -0.39 is 10.0 Å². The lowest BCUT2D eigenvalue weighted by atomic mass is 10.1. The summed E-state index contributed by atoms with van der Waals surface area (Å²) >= 11 is 0. The van der Waals surface area contributed by atoms with Gasteiger partial charge in [0.25, 0.3) is 15.9 Å². The number of anilines is 1. The summed E-state index contributed by atoms with van der Waals surface area (Å²) in [5.74, 6) is 0.414. The fourth-order valence-electron chi connectivity index (χ4n) is 3.40. The summed E-state index contributed by atoms with van der Waals surface area (Å²) in [5, 5.41) is 0. The Bertz CT molecular complexity index is 967. The van der Waals surface area contributed by atoms with Gasteiger partial charge < -0.3 is 14.4 Å². The third-order valence-corrected chi connectivity index (χ3v) is 6.34. The number of methoxy groups -OCH3 is 2. The van der Waals surface area contributed by atoms with Crippen molar-refractivity contribution in [3.05, 3.63) is 48.0 Å². The molecule has 1 amide bonds. The average molecular weight is 419 g/mol. The van der Waals surface area contributed by atoms with Gasteiger partial charge in [-0.2, -0.15) is 0 Å². The number of rotatable bonds is 6. The van der Waals surface area contributed by atoms with Gasteiger partial charge in [0.15, 0.2) is 0 Å². The van der Waals surface area contributed by atoms with Gasteiger partial charge in [-0.05, 0) is 37.1 Å². The molecule has 1 heterocycles. The molecule has 0 radical (unpaired) electrons. The summed E-state index contributed by atoms with van der Waals surface area (Å²) in [6, 6.07) is 11.2. The first-order chi connectivity index (χ1) is 14.0. The van der Waals surface area contributed by atoms with Crippen LogP contribution in [0.2, 0.25) is 0 Å². The van der Waals surface area contributed by atoms with Crippen molar-refractivity contribution in [2.24, 2.45) is 0 Å². The van der Waals surface area contributed by atoms with Gasteiger partial charge in [-0.15, -0.1) is 0 Å². The number of carbonyl (C=O) groups is 1. The monoisotopic (exact) mass is 418 g/mol. The van der Waals surface area contributed by atoms with Crippen molar-refractivity contribution >= 4 is 21.6 Å². The molecule has 0 unspecified atom stereocenters. The van der Waals surface area contributed by atoms with Gasteiger partial charge >= 0.3 is 0 Å². The quantitative estimate of drug-likeness (QED) is 0.776. The van der Waals surface area contributed by atoms with Crippen LogP contribution in [0.5, 0.6) is 11.5 Å². The van der Waals surface area contributed by atoms with E-state index in [-0.39, 0.29) is 22.2 Å². The van der Waals surface area contributed by atoms with Gasteiger partial charge in [0, 0.05) is 19.2 Å². The Morgan fingerprint density at radius 3 is 2.31 bits per heavy atom. The molecule has 156 valence electrons. The summed E-state index contributed by atoms with van der Waals surface area (Å²) in [6.07, 6.45) is 4.13. The molecule has 3 rings (SSSR count). The molecule has 0 bridgehead atoms. The lowest BCUT2D eigenvalue weighted by molar-refractivity contribution is 0.0762. The van der Waals surface area contributed by atoms with E-state index in [0.29, 0.717) is 24.4 Å². The summed E-state index contributed by atoms with van der Waals surface area (Å²) in [4.78, 5) is 14.8. The van der Waals surface area contributed by atoms with E-state index in [4.69, 9.17) is 9.47 Å². The standard InChI is InChI=1S/C21H26N2O5S/c1-27-16-11-12-19(28-2)20(15-16)29(25,26)22-18-10-6-5-9-17(18)21(24)23-13-7-3-4-8-14-23/h5-6,9-12,15,22H,3-4,7-8,13-14H2,1-2H3. The van der Waals surface area contributed by atoms with Gasteiger partial charge in [0.2, 0.25) is 0 Å². The number of nitrogens with zero attached hydrogens (tertiary/aromatic N) is 1. The number of likely N-dealkylation sites (tertiary alicyclic amines) is 1. The zero-order valence-corrected chi connectivity index (χ0v) is 17.5. The van der Waals surface area contributed by atoms with Gasteiger partial charge in [-0.3, -0.25) is 9.52 Å². The lowest BCUT2D eigenvalue weighted by Gasteiger charge is -2.22. The first-order valence-corrected chi connectivity index (χ1v) is 11.1. The maximum Gasteiger partial charge on any atom is 0.265 e. The van der Waals surface area contributed by atoms with Crippen molar-refractivity contribution in [3.63, 3.8) is 0 Å². The number of amides is 1. The second kappa shape index (κ2) is 9.17. The van der Waals surface area contributed by atoms with Crippen molar-refractivity contribution in [1.29, 1.82) is 0 Å². The molecule has 7 nitrogen and oxygen atoms in total. The van der Waals surface area contributed by atoms with Gasteiger partial charge in [-0.1, -0.05) is 25.0 Å². The number of hydrogen-bond donors (Lipinski definition) is 1. The highest BCUT2D eigenvalue weighted by molar-refractivity contribution is 7.92. The number of ether oxygens (including phenoxy) is 2. The number of benzene rings is 2. The highest BCUT2D eigenvalue weighted by Crippen LogP contribution is 2.31. The van der Waals surface area contributed by atoms with Crippen LogP contribution in [0.15, 0.2) is 47.4 Å². The Hall–Kier alpha value is -2.74. The van der Waals surface area contributed by atoms with E-state index in [2.05, 4.69) is 4.72 Å².